The van der Waals surface area contributed by atoms with Gasteiger partial charge in [0.1, 0.15) is 11.7 Å². The lowest BCUT2D eigenvalue weighted by Gasteiger charge is -2.46. The third kappa shape index (κ3) is 3.28. The van der Waals surface area contributed by atoms with Crippen LogP contribution in [0.3, 0.4) is 0 Å². The molecule has 20 heavy (non-hydrogen) atoms. The number of ether oxygens (including phenoxy) is 1. The molecule has 2 saturated heterocycles. The second-order valence-corrected chi connectivity index (χ2v) is 5.68. The average molecular weight is 286 g/mol. The second-order valence-electron chi connectivity index (χ2n) is 5.68. The summed E-state index contributed by atoms with van der Waals surface area (Å²) in [4.78, 5) is 26.8. The van der Waals surface area contributed by atoms with Crippen molar-refractivity contribution in [2.45, 2.75) is 31.0 Å². The van der Waals surface area contributed by atoms with Gasteiger partial charge in [-0.25, -0.2) is 0 Å². The van der Waals surface area contributed by atoms with E-state index in [-0.39, 0.29) is 38.1 Å². The maximum absolute atomic E-state index is 12.0. The number of methoxy groups -OCH3 is 1. The number of aliphatic hydroxyl groups excluding tert-OH is 1. The molecule has 2 fully saturated rings. The largest absolute Gasteiger partial charge is 0.384 e. The molecular weight excluding hydrogens is 264 g/mol. The number of aliphatic hydroxyl groups is 2. The van der Waals surface area contributed by atoms with Gasteiger partial charge in [-0.1, -0.05) is 0 Å². The van der Waals surface area contributed by atoms with E-state index in [1.54, 1.807) is 0 Å². The van der Waals surface area contributed by atoms with E-state index in [2.05, 4.69) is 0 Å². The fourth-order valence-corrected chi connectivity index (χ4v) is 2.71. The van der Waals surface area contributed by atoms with Crippen LogP contribution in [0.2, 0.25) is 0 Å². The first kappa shape index (κ1) is 15.2. The molecule has 7 nitrogen and oxygen atoms in total. The van der Waals surface area contributed by atoms with Gasteiger partial charge in [0, 0.05) is 13.7 Å². The Morgan fingerprint density at radius 1 is 1.45 bits per heavy atom. The van der Waals surface area contributed by atoms with Gasteiger partial charge in [-0.3, -0.25) is 9.59 Å². The predicted octanol–water partition coefficient (Wildman–Crippen LogP) is -1.42. The van der Waals surface area contributed by atoms with Crippen LogP contribution in [0.15, 0.2) is 0 Å². The summed E-state index contributed by atoms with van der Waals surface area (Å²) in [7, 11) is 1.50. The fraction of sp³-hybridized carbons (Fsp3) is 0.846. The predicted molar refractivity (Wildman–Crippen MR) is 69.8 cm³/mol. The Bertz CT molecular complexity index is 381. The van der Waals surface area contributed by atoms with Crippen molar-refractivity contribution in [3.8, 4) is 0 Å². The van der Waals surface area contributed by atoms with Crippen LogP contribution < -0.4 is 0 Å². The molecule has 1 atom stereocenters. The minimum Gasteiger partial charge on any atom is -0.384 e. The lowest BCUT2D eigenvalue weighted by molar-refractivity contribution is -0.167. The van der Waals surface area contributed by atoms with Crippen molar-refractivity contribution in [3.05, 3.63) is 0 Å². The Balaban J connectivity index is 1.84. The molecule has 2 rings (SSSR count). The van der Waals surface area contributed by atoms with Crippen molar-refractivity contribution >= 4 is 11.8 Å². The van der Waals surface area contributed by atoms with Crippen LogP contribution in [0.25, 0.3) is 0 Å². The average Bonchev–Trinajstić information content (AvgIpc) is 2.51. The SMILES string of the molecule is COCC1(O)CN(C(=O)CN2CCCCC(O)C2=O)C1. The van der Waals surface area contributed by atoms with Gasteiger partial charge in [0.2, 0.25) is 5.91 Å². The first-order valence-corrected chi connectivity index (χ1v) is 6.91. The molecule has 1 unspecified atom stereocenters. The van der Waals surface area contributed by atoms with Crippen LogP contribution in [0.5, 0.6) is 0 Å². The van der Waals surface area contributed by atoms with Gasteiger partial charge < -0.3 is 24.7 Å². The number of carbonyl (C=O) groups excluding carboxylic acids is 2. The summed E-state index contributed by atoms with van der Waals surface area (Å²) in [6.45, 7) is 1.11. The Kier molecular flexibility index (Phi) is 4.62. The number of likely N-dealkylation sites (tertiary alicyclic amines) is 2. The van der Waals surface area contributed by atoms with Crippen molar-refractivity contribution in [1.29, 1.82) is 0 Å². The number of hydrogen-bond acceptors (Lipinski definition) is 5. The van der Waals surface area contributed by atoms with Gasteiger partial charge in [-0.05, 0) is 19.3 Å². The van der Waals surface area contributed by atoms with Crippen LogP contribution in [0.1, 0.15) is 19.3 Å². The van der Waals surface area contributed by atoms with E-state index in [0.717, 1.165) is 12.8 Å². The highest BCUT2D eigenvalue weighted by Crippen LogP contribution is 2.21. The summed E-state index contributed by atoms with van der Waals surface area (Å²) in [6.07, 6.45) is 1.05. The molecule has 2 N–H and O–H groups in total. The highest BCUT2D eigenvalue weighted by molar-refractivity contribution is 5.87. The molecule has 0 saturated carbocycles. The summed E-state index contributed by atoms with van der Waals surface area (Å²) >= 11 is 0. The lowest BCUT2D eigenvalue weighted by atomic mass is 9.95. The number of carbonyl (C=O) groups is 2. The van der Waals surface area contributed by atoms with Crippen molar-refractivity contribution < 1.29 is 24.5 Å². The molecule has 2 heterocycles. The van der Waals surface area contributed by atoms with E-state index >= 15 is 0 Å². The zero-order valence-corrected chi connectivity index (χ0v) is 11.7. The quantitative estimate of drug-likeness (QED) is 0.662. The summed E-state index contributed by atoms with van der Waals surface area (Å²) in [5.74, 6) is -0.572. The molecule has 0 radical (unpaired) electrons. The van der Waals surface area contributed by atoms with Crippen molar-refractivity contribution in [2.75, 3.05) is 39.9 Å². The van der Waals surface area contributed by atoms with Crippen LogP contribution in [0, 0.1) is 0 Å². The van der Waals surface area contributed by atoms with E-state index in [0.29, 0.717) is 13.0 Å². The summed E-state index contributed by atoms with van der Waals surface area (Å²) in [5, 5.41) is 19.6. The minimum atomic E-state index is -0.993. The highest BCUT2D eigenvalue weighted by Gasteiger charge is 2.44. The third-order valence-corrected chi connectivity index (χ3v) is 3.81. The van der Waals surface area contributed by atoms with Gasteiger partial charge >= 0.3 is 0 Å². The Morgan fingerprint density at radius 2 is 2.15 bits per heavy atom. The molecule has 7 heteroatoms. The monoisotopic (exact) mass is 286 g/mol. The molecule has 114 valence electrons. The fourth-order valence-electron chi connectivity index (χ4n) is 2.71. The van der Waals surface area contributed by atoms with Crippen LogP contribution in [0.4, 0.5) is 0 Å². The second kappa shape index (κ2) is 6.07. The molecular formula is C13H22N2O5. The normalized spacial score (nSPS) is 26.1. The summed E-state index contributed by atoms with van der Waals surface area (Å²) < 4.78 is 4.89. The van der Waals surface area contributed by atoms with Crippen molar-refractivity contribution in [3.63, 3.8) is 0 Å². The van der Waals surface area contributed by atoms with E-state index in [1.807, 2.05) is 0 Å². The first-order valence-electron chi connectivity index (χ1n) is 6.91. The van der Waals surface area contributed by atoms with E-state index in [9.17, 15) is 19.8 Å². The molecule has 2 amide bonds. The van der Waals surface area contributed by atoms with E-state index < -0.39 is 11.7 Å². The molecule has 2 aliphatic heterocycles. The smallest absolute Gasteiger partial charge is 0.251 e. The van der Waals surface area contributed by atoms with Crippen LogP contribution in [-0.4, -0.2) is 83.4 Å². The number of β-amino-alcohol motifs (C(OH)–C–C–N with tert-alkyl or cyclic N) is 1. The lowest BCUT2D eigenvalue weighted by Crippen LogP contribution is -2.66. The van der Waals surface area contributed by atoms with Crippen LogP contribution >= 0.6 is 0 Å². The number of amides is 2. The standard InChI is InChI=1S/C13H22N2O5/c1-20-9-13(19)7-15(8-13)11(17)6-14-5-3-2-4-10(16)12(14)18/h10,16,19H,2-9H2,1H3. The summed E-state index contributed by atoms with van der Waals surface area (Å²) in [5.41, 5.74) is -0.966. The maximum Gasteiger partial charge on any atom is 0.251 e. The zero-order chi connectivity index (χ0) is 14.8. The molecule has 0 aromatic heterocycles. The van der Waals surface area contributed by atoms with Gasteiger partial charge in [0.25, 0.3) is 5.91 Å². The van der Waals surface area contributed by atoms with E-state index in [4.69, 9.17) is 4.74 Å². The molecule has 0 aliphatic carbocycles. The Hall–Kier alpha value is -1.18. The molecule has 0 bridgehead atoms. The van der Waals surface area contributed by atoms with Gasteiger partial charge in [0.15, 0.2) is 0 Å². The first-order chi connectivity index (χ1) is 9.45. The number of hydrogen-bond donors (Lipinski definition) is 2. The van der Waals surface area contributed by atoms with Crippen molar-refractivity contribution in [1.82, 2.24) is 9.80 Å². The minimum absolute atomic E-state index is 0.0288. The van der Waals surface area contributed by atoms with Gasteiger partial charge in [0.05, 0.1) is 26.2 Å². The zero-order valence-electron chi connectivity index (χ0n) is 11.7. The third-order valence-electron chi connectivity index (χ3n) is 3.81. The summed E-state index contributed by atoms with van der Waals surface area (Å²) in [6, 6.07) is 0. The Labute approximate surface area is 118 Å². The van der Waals surface area contributed by atoms with E-state index in [1.165, 1.54) is 16.9 Å². The number of nitrogens with zero attached hydrogens (tertiary/aromatic N) is 2. The molecule has 0 aromatic carbocycles. The maximum atomic E-state index is 12.0. The van der Waals surface area contributed by atoms with Crippen LogP contribution in [-0.2, 0) is 14.3 Å². The number of rotatable bonds is 4. The molecule has 2 aliphatic rings. The molecule has 0 aromatic rings. The Morgan fingerprint density at radius 3 is 2.80 bits per heavy atom. The molecule has 0 spiro atoms. The van der Waals surface area contributed by atoms with Crippen molar-refractivity contribution in [2.24, 2.45) is 0 Å². The van der Waals surface area contributed by atoms with Gasteiger partial charge in [-0.15, -0.1) is 0 Å². The topological polar surface area (TPSA) is 90.3 Å². The highest BCUT2D eigenvalue weighted by atomic mass is 16.5. The van der Waals surface area contributed by atoms with Gasteiger partial charge in [-0.2, -0.15) is 0 Å².